The summed E-state index contributed by atoms with van der Waals surface area (Å²) >= 11 is 0. The van der Waals surface area contributed by atoms with Gasteiger partial charge in [-0.05, 0) is 65.0 Å². The number of ether oxygens (including phenoxy) is 1. The smallest absolute Gasteiger partial charge is 0.407 e. The molecule has 2 aromatic carbocycles. The zero-order valence-electron chi connectivity index (χ0n) is 37.7. The summed E-state index contributed by atoms with van der Waals surface area (Å²) in [4.78, 5) is 67.4. The molecule has 13 heteroatoms. The lowest BCUT2D eigenvalue weighted by Crippen LogP contribution is -2.59. The highest BCUT2D eigenvalue weighted by Crippen LogP contribution is 2.32. The van der Waals surface area contributed by atoms with Crippen LogP contribution in [0.3, 0.4) is 0 Å². The third kappa shape index (κ3) is 12.4. The molecule has 0 spiro atoms. The molecule has 0 bridgehead atoms. The van der Waals surface area contributed by atoms with Crippen molar-refractivity contribution in [1.82, 2.24) is 35.7 Å². The predicted octanol–water partition coefficient (Wildman–Crippen LogP) is 7.07. The van der Waals surface area contributed by atoms with Gasteiger partial charge in [0.1, 0.15) is 12.1 Å². The van der Waals surface area contributed by atoms with Gasteiger partial charge in [-0.25, -0.2) is 9.59 Å². The SMILES string of the molecule is COC(=O)NC(C(=O)NCCC(O)C(NC(=O)C(N1CCN(Cc2cccc(C(C)C)n2)C1=O)C(C)(C)C)C(Cc1ccc(-c2ccccn2)cc1)c1ccccc1)C(C)(C)C. The van der Waals surface area contributed by atoms with Crippen molar-refractivity contribution < 1.29 is 29.0 Å². The molecule has 1 aliphatic rings. The molecule has 62 heavy (non-hydrogen) atoms. The lowest BCUT2D eigenvalue weighted by molar-refractivity contribution is -0.131. The van der Waals surface area contributed by atoms with Crippen LogP contribution < -0.4 is 16.0 Å². The van der Waals surface area contributed by atoms with Crippen LogP contribution in [-0.2, 0) is 27.3 Å². The minimum absolute atomic E-state index is 0.0520. The molecule has 5 atom stereocenters. The Kier molecular flexibility index (Phi) is 15.9. The number of aliphatic hydroxyl groups is 1. The molecule has 5 unspecified atom stereocenters. The van der Waals surface area contributed by atoms with Gasteiger partial charge < -0.3 is 35.6 Å². The monoisotopic (exact) mass is 847 g/mol. The Hall–Kier alpha value is -5.82. The number of pyridine rings is 2. The van der Waals surface area contributed by atoms with Crippen LogP contribution in [0.25, 0.3) is 11.3 Å². The number of benzene rings is 2. The number of hydrogen-bond donors (Lipinski definition) is 4. The molecule has 3 heterocycles. The summed E-state index contributed by atoms with van der Waals surface area (Å²) in [5.41, 5.74) is 4.09. The van der Waals surface area contributed by atoms with Gasteiger partial charge in [0.05, 0.1) is 37.2 Å². The fourth-order valence-electron chi connectivity index (χ4n) is 8.03. The molecule has 2 aromatic heterocycles. The molecule has 0 saturated carbocycles. The number of aromatic nitrogens is 2. The van der Waals surface area contributed by atoms with E-state index in [9.17, 15) is 24.3 Å². The van der Waals surface area contributed by atoms with Crippen molar-refractivity contribution in [2.75, 3.05) is 26.7 Å². The van der Waals surface area contributed by atoms with Crippen LogP contribution in [0.15, 0.2) is 97.2 Å². The van der Waals surface area contributed by atoms with Gasteiger partial charge in [-0.3, -0.25) is 19.6 Å². The summed E-state index contributed by atoms with van der Waals surface area (Å²) in [5, 5.41) is 21.0. The number of methoxy groups -OCH3 is 1. The van der Waals surface area contributed by atoms with Crippen LogP contribution >= 0.6 is 0 Å². The molecule has 0 radical (unpaired) electrons. The maximum Gasteiger partial charge on any atom is 0.407 e. The van der Waals surface area contributed by atoms with Crippen molar-refractivity contribution in [3.05, 3.63) is 120 Å². The molecule has 5 amide bonds. The Morgan fingerprint density at radius 2 is 1.52 bits per heavy atom. The number of hydrogen-bond acceptors (Lipinski definition) is 8. The van der Waals surface area contributed by atoms with Crippen LogP contribution in [0.5, 0.6) is 0 Å². The first kappa shape index (κ1) is 47.2. The standard InChI is InChI=1S/C49H65N7O6/c1-32(2)38-20-15-18-36(52-38)31-55-28-29-56(47(55)61)43(49(6,7)8)45(59)53-41(40(57)25-27-51-44(58)42(48(3,4)5)54-46(60)62-9)37(34-16-11-10-12-17-34)30-33-21-23-35(24-22-33)39-19-13-14-26-50-39/h10-24,26,32,37,40-43,57H,25,27-31H2,1-9H3,(H,51,58)(H,53,59)(H,54,60). The molecule has 1 fully saturated rings. The van der Waals surface area contributed by atoms with E-state index in [-0.39, 0.29) is 30.8 Å². The molecule has 1 aliphatic heterocycles. The number of alkyl carbamates (subject to hydrolysis) is 1. The molecular formula is C49H65N7O6. The number of carbonyl (C=O) groups excluding carboxylic acids is 4. The summed E-state index contributed by atoms with van der Waals surface area (Å²) in [7, 11) is 1.24. The summed E-state index contributed by atoms with van der Waals surface area (Å²) in [6.07, 6.45) is 0.407. The maximum absolute atomic E-state index is 14.9. The van der Waals surface area contributed by atoms with Gasteiger partial charge in [0, 0.05) is 43.0 Å². The van der Waals surface area contributed by atoms with E-state index in [0.29, 0.717) is 26.1 Å². The van der Waals surface area contributed by atoms with Crippen molar-refractivity contribution in [2.45, 2.75) is 111 Å². The second-order valence-electron chi connectivity index (χ2n) is 18.6. The number of amides is 5. The molecule has 0 aliphatic carbocycles. The molecule has 13 nitrogen and oxygen atoms in total. The number of nitrogens with zero attached hydrogens (tertiary/aromatic N) is 4. The summed E-state index contributed by atoms with van der Waals surface area (Å²) in [6.45, 7) is 16.6. The summed E-state index contributed by atoms with van der Waals surface area (Å²) in [6, 6.07) is 26.6. The third-order valence-corrected chi connectivity index (χ3v) is 11.4. The van der Waals surface area contributed by atoms with Crippen molar-refractivity contribution in [3.8, 4) is 11.3 Å². The normalized spacial score (nSPS) is 15.7. The van der Waals surface area contributed by atoms with E-state index in [1.54, 1.807) is 16.0 Å². The van der Waals surface area contributed by atoms with E-state index in [0.717, 1.165) is 33.8 Å². The lowest BCUT2D eigenvalue weighted by atomic mass is 9.81. The minimum atomic E-state index is -1.15. The average Bonchev–Trinajstić information content (AvgIpc) is 3.58. The van der Waals surface area contributed by atoms with Gasteiger partial charge in [-0.1, -0.05) is 122 Å². The number of urea groups is 1. The minimum Gasteiger partial charge on any atom is -0.453 e. The zero-order valence-corrected chi connectivity index (χ0v) is 37.7. The van der Waals surface area contributed by atoms with E-state index in [1.807, 2.05) is 133 Å². The fraction of sp³-hybridized carbons (Fsp3) is 0.469. The Morgan fingerprint density at radius 3 is 2.13 bits per heavy atom. The van der Waals surface area contributed by atoms with Gasteiger partial charge in [0.25, 0.3) is 0 Å². The van der Waals surface area contributed by atoms with Gasteiger partial charge in [-0.2, -0.15) is 0 Å². The number of rotatable bonds is 17. The largest absolute Gasteiger partial charge is 0.453 e. The second-order valence-corrected chi connectivity index (χ2v) is 18.6. The molecule has 1 saturated heterocycles. The van der Waals surface area contributed by atoms with E-state index in [2.05, 4.69) is 34.8 Å². The van der Waals surface area contributed by atoms with Crippen LogP contribution in [0.1, 0.15) is 96.2 Å². The van der Waals surface area contributed by atoms with Crippen LogP contribution in [0, 0.1) is 10.8 Å². The van der Waals surface area contributed by atoms with Crippen LogP contribution in [-0.4, -0.2) is 99.8 Å². The Balaban J connectivity index is 1.45. The van der Waals surface area contributed by atoms with E-state index in [4.69, 9.17) is 9.72 Å². The Bertz CT molecular complexity index is 2100. The number of nitrogens with one attached hydrogen (secondary N) is 3. The molecule has 332 valence electrons. The van der Waals surface area contributed by atoms with E-state index in [1.165, 1.54) is 7.11 Å². The lowest BCUT2D eigenvalue weighted by Gasteiger charge is -2.39. The van der Waals surface area contributed by atoms with Crippen LogP contribution in [0.4, 0.5) is 9.59 Å². The first-order chi connectivity index (χ1) is 29.4. The van der Waals surface area contributed by atoms with Crippen LogP contribution in [0.2, 0.25) is 0 Å². The van der Waals surface area contributed by atoms with Crippen molar-refractivity contribution in [2.24, 2.45) is 10.8 Å². The molecule has 5 rings (SSSR count). The van der Waals surface area contributed by atoms with Gasteiger partial charge in [0.15, 0.2) is 0 Å². The number of carbonyl (C=O) groups is 4. The van der Waals surface area contributed by atoms with Gasteiger partial charge >= 0.3 is 12.1 Å². The molecular weight excluding hydrogens is 783 g/mol. The Labute approximate surface area is 367 Å². The predicted molar refractivity (Wildman–Crippen MR) is 241 cm³/mol. The Morgan fingerprint density at radius 1 is 0.823 bits per heavy atom. The fourth-order valence-corrected chi connectivity index (χ4v) is 8.03. The maximum atomic E-state index is 14.9. The molecule has 4 aromatic rings. The topological polar surface area (TPSA) is 166 Å². The zero-order chi connectivity index (χ0) is 45.2. The highest BCUT2D eigenvalue weighted by molar-refractivity contribution is 5.89. The summed E-state index contributed by atoms with van der Waals surface area (Å²) < 4.78 is 4.77. The number of aliphatic hydroxyl groups excluding tert-OH is 1. The quantitative estimate of drug-likeness (QED) is 0.0877. The van der Waals surface area contributed by atoms with Crippen molar-refractivity contribution in [3.63, 3.8) is 0 Å². The van der Waals surface area contributed by atoms with E-state index >= 15 is 0 Å². The average molecular weight is 848 g/mol. The first-order valence-electron chi connectivity index (χ1n) is 21.5. The third-order valence-electron chi connectivity index (χ3n) is 11.4. The van der Waals surface area contributed by atoms with Gasteiger partial charge in [0.2, 0.25) is 11.8 Å². The highest BCUT2D eigenvalue weighted by Gasteiger charge is 2.45. The summed E-state index contributed by atoms with van der Waals surface area (Å²) in [5.74, 6) is -1.01. The highest BCUT2D eigenvalue weighted by atomic mass is 16.5. The van der Waals surface area contributed by atoms with Crippen molar-refractivity contribution in [1.29, 1.82) is 0 Å². The molecule has 4 N–H and O–H groups in total. The van der Waals surface area contributed by atoms with Crippen molar-refractivity contribution >= 4 is 23.9 Å². The van der Waals surface area contributed by atoms with Gasteiger partial charge in [-0.15, -0.1) is 0 Å². The first-order valence-corrected chi connectivity index (χ1v) is 21.5. The second kappa shape index (κ2) is 20.8. The van der Waals surface area contributed by atoms with E-state index < -0.39 is 53.0 Å².